The zero-order chi connectivity index (χ0) is 15.1. The number of rotatable bonds is 7. The third-order valence-electron chi connectivity index (χ3n) is 3.20. The van der Waals surface area contributed by atoms with E-state index in [1.165, 1.54) is 0 Å². The first-order valence-corrected chi connectivity index (χ1v) is 7.12. The summed E-state index contributed by atoms with van der Waals surface area (Å²) in [6.07, 6.45) is 5.00. The van der Waals surface area contributed by atoms with Gasteiger partial charge in [-0.3, -0.25) is 0 Å². The maximum absolute atomic E-state index is 4.27. The van der Waals surface area contributed by atoms with E-state index in [0.29, 0.717) is 0 Å². The monoisotopic (exact) mass is 287 g/mol. The van der Waals surface area contributed by atoms with Gasteiger partial charge in [-0.15, -0.1) is 0 Å². The van der Waals surface area contributed by atoms with Crippen LogP contribution in [0.5, 0.6) is 0 Å². The van der Waals surface area contributed by atoms with Crippen molar-refractivity contribution in [2.45, 2.75) is 6.42 Å². The molecule has 1 aromatic heterocycles. The maximum atomic E-state index is 4.27. The predicted octanol–water partition coefficient (Wildman–Crippen LogP) is 2.29. The molecule has 6 nitrogen and oxygen atoms in total. The van der Waals surface area contributed by atoms with E-state index in [4.69, 9.17) is 0 Å². The average Bonchev–Trinajstić information content (AvgIpc) is 2.82. The average molecular weight is 287 g/mol. The number of imidazole rings is 1. The predicted molar refractivity (Wildman–Crippen MR) is 84.2 cm³/mol. The molecule has 21 heavy (non-hydrogen) atoms. The third kappa shape index (κ3) is 4.39. The van der Waals surface area contributed by atoms with Crippen LogP contribution < -0.4 is 15.2 Å². The van der Waals surface area contributed by atoms with E-state index in [1.54, 1.807) is 0 Å². The van der Waals surface area contributed by atoms with Crippen LogP contribution >= 0.6 is 0 Å². The standard InChI is InChI=1S/C15H22N6/c1-16-9-4-10-17-13-5-7-14(8-6-13)18-19-15-20(2)11-12-21(15)3/h5-8,11-12,16H,4,9-10H2,1-3H3/p+1. The van der Waals surface area contributed by atoms with Gasteiger partial charge in [0.15, 0.2) is 0 Å². The topological polar surface area (TPSA) is 57.6 Å². The molecule has 112 valence electrons. The van der Waals surface area contributed by atoms with Crippen LogP contribution in [0.25, 0.3) is 0 Å². The zero-order valence-corrected chi connectivity index (χ0v) is 12.9. The highest BCUT2D eigenvalue weighted by molar-refractivity contribution is 5.50. The van der Waals surface area contributed by atoms with Gasteiger partial charge in [0.2, 0.25) is 0 Å². The molecule has 1 heterocycles. The Kier molecular flexibility index (Phi) is 5.45. The molecule has 0 aliphatic carbocycles. The van der Waals surface area contributed by atoms with Gasteiger partial charge in [0.05, 0.1) is 26.5 Å². The van der Waals surface area contributed by atoms with Crippen LogP contribution in [0.15, 0.2) is 46.9 Å². The zero-order valence-electron chi connectivity index (χ0n) is 12.9. The minimum atomic E-state index is 0.810. The highest BCUT2D eigenvalue weighted by Gasteiger charge is 2.09. The summed E-state index contributed by atoms with van der Waals surface area (Å²) < 4.78 is 3.86. The van der Waals surface area contributed by atoms with Gasteiger partial charge >= 0.3 is 5.95 Å². The number of benzene rings is 1. The fourth-order valence-electron chi connectivity index (χ4n) is 1.97. The lowest BCUT2D eigenvalue weighted by Crippen LogP contribution is -2.25. The first kappa shape index (κ1) is 15.2. The molecule has 0 saturated carbocycles. The minimum Gasteiger partial charge on any atom is -0.385 e. The van der Waals surface area contributed by atoms with Gasteiger partial charge in [-0.05, 0) is 44.3 Å². The Labute approximate surface area is 125 Å². The van der Waals surface area contributed by atoms with Crippen LogP contribution in [0.4, 0.5) is 17.3 Å². The number of aryl methyl sites for hydroxylation is 2. The summed E-state index contributed by atoms with van der Waals surface area (Å²) in [7, 11) is 5.87. The van der Waals surface area contributed by atoms with Crippen molar-refractivity contribution in [3.8, 4) is 0 Å². The fourth-order valence-corrected chi connectivity index (χ4v) is 1.97. The SMILES string of the molecule is CNCCCNc1ccc(N=Nc2n(C)cc[n+]2C)cc1. The molecule has 6 heteroatoms. The highest BCUT2D eigenvalue weighted by atomic mass is 15.3. The Morgan fingerprint density at radius 2 is 1.90 bits per heavy atom. The van der Waals surface area contributed by atoms with Crippen LogP contribution in [-0.2, 0) is 14.1 Å². The lowest BCUT2D eigenvalue weighted by Gasteiger charge is -2.05. The molecular weight excluding hydrogens is 264 g/mol. The largest absolute Gasteiger partial charge is 0.421 e. The van der Waals surface area contributed by atoms with Crippen molar-refractivity contribution in [3.05, 3.63) is 36.7 Å². The molecule has 0 amide bonds. The van der Waals surface area contributed by atoms with Crippen molar-refractivity contribution in [2.75, 3.05) is 25.5 Å². The number of aromatic nitrogens is 2. The fraction of sp³-hybridized carbons (Fsp3) is 0.400. The minimum absolute atomic E-state index is 0.810. The Balaban J connectivity index is 1.93. The molecule has 0 saturated heterocycles. The van der Waals surface area contributed by atoms with E-state index in [0.717, 1.165) is 36.8 Å². The number of hydrogen-bond donors (Lipinski definition) is 2. The van der Waals surface area contributed by atoms with Crippen LogP contribution in [-0.4, -0.2) is 24.7 Å². The number of hydrogen-bond acceptors (Lipinski definition) is 4. The summed E-state index contributed by atoms with van der Waals surface area (Å²) >= 11 is 0. The second-order valence-electron chi connectivity index (χ2n) is 4.95. The van der Waals surface area contributed by atoms with E-state index in [-0.39, 0.29) is 0 Å². The molecule has 0 aliphatic rings. The molecule has 2 aromatic rings. The van der Waals surface area contributed by atoms with E-state index in [1.807, 2.05) is 66.9 Å². The molecular formula is C15H23N6+. The Hall–Kier alpha value is -2.21. The van der Waals surface area contributed by atoms with E-state index >= 15 is 0 Å². The molecule has 0 atom stereocenters. The van der Waals surface area contributed by atoms with Gasteiger partial charge < -0.3 is 10.6 Å². The van der Waals surface area contributed by atoms with Crippen LogP contribution in [0.2, 0.25) is 0 Å². The molecule has 0 bridgehead atoms. The van der Waals surface area contributed by atoms with E-state index in [9.17, 15) is 0 Å². The summed E-state index contributed by atoms with van der Waals surface area (Å²) in [5.41, 5.74) is 1.95. The number of anilines is 1. The molecule has 0 radical (unpaired) electrons. The summed E-state index contributed by atoms with van der Waals surface area (Å²) in [6, 6.07) is 7.98. The molecule has 2 rings (SSSR count). The highest BCUT2D eigenvalue weighted by Crippen LogP contribution is 2.18. The van der Waals surface area contributed by atoms with Crippen molar-refractivity contribution in [1.29, 1.82) is 0 Å². The van der Waals surface area contributed by atoms with Crippen molar-refractivity contribution < 1.29 is 4.57 Å². The van der Waals surface area contributed by atoms with Gasteiger partial charge in [-0.2, -0.15) is 0 Å². The quantitative estimate of drug-likeness (QED) is 0.466. The first-order chi connectivity index (χ1) is 10.2. The van der Waals surface area contributed by atoms with Crippen molar-refractivity contribution in [2.24, 2.45) is 24.3 Å². The summed E-state index contributed by atoms with van der Waals surface area (Å²) in [5, 5.41) is 15.0. The molecule has 0 fully saturated rings. The van der Waals surface area contributed by atoms with Crippen molar-refractivity contribution >= 4 is 17.3 Å². The summed E-state index contributed by atoms with van der Waals surface area (Å²) in [5.74, 6) is 0.810. The number of nitrogens with one attached hydrogen (secondary N) is 2. The lowest BCUT2D eigenvalue weighted by atomic mass is 10.3. The van der Waals surface area contributed by atoms with Gasteiger partial charge in [-0.25, -0.2) is 9.13 Å². The van der Waals surface area contributed by atoms with Gasteiger partial charge in [-0.1, -0.05) is 5.11 Å². The van der Waals surface area contributed by atoms with Crippen LogP contribution in [0.1, 0.15) is 6.42 Å². The molecule has 0 aliphatic heterocycles. The van der Waals surface area contributed by atoms with Gasteiger partial charge in [0.1, 0.15) is 5.69 Å². The molecule has 0 unspecified atom stereocenters. The number of azo groups is 1. The van der Waals surface area contributed by atoms with E-state index in [2.05, 4.69) is 20.9 Å². The Morgan fingerprint density at radius 3 is 2.52 bits per heavy atom. The van der Waals surface area contributed by atoms with E-state index < -0.39 is 0 Å². The Bertz CT molecular complexity index is 565. The first-order valence-electron chi connectivity index (χ1n) is 7.12. The second-order valence-corrected chi connectivity index (χ2v) is 4.95. The maximum Gasteiger partial charge on any atom is 0.421 e. The summed E-state index contributed by atoms with van der Waals surface area (Å²) in [6.45, 7) is 1.98. The number of nitrogens with zero attached hydrogens (tertiary/aromatic N) is 4. The third-order valence-corrected chi connectivity index (χ3v) is 3.20. The van der Waals surface area contributed by atoms with Crippen molar-refractivity contribution in [1.82, 2.24) is 9.88 Å². The van der Waals surface area contributed by atoms with Gasteiger partial charge in [0, 0.05) is 17.3 Å². The smallest absolute Gasteiger partial charge is 0.385 e. The van der Waals surface area contributed by atoms with Crippen LogP contribution in [0, 0.1) is 0 Å². The molecule has 2 N–H and O–H groups in total. The normalized spacial score (nSPS) is 11.2. The summed E-state index contributed by atoms with van der Waals surface area (Å²) in [4.78, 5) is 0. The lowest BCUT2D eigenvalue weighted by molar-refractivity contribution is -0.657. The molecule has 1 aromatic carbocycles. The van der Waals surface area contributed by atoms with Crippen molar-refractivity contribution in [3.63, 3.8) is 0 Å². The van der Waals surface area contributed by atoms with Gasteiger partial charge in [0.25, 0.3) is 0 Å². The Morgan fingerprint density at radius 1 is 1.14 bits per heavy atom. The second kappa shape index (κ2) is 7.54. The van der Waals surface area contributed by atoms with Crippen LogP contribution in [0.3, 0.4) is 0 Å². The molecule has 0 spiro atoms.